The van der Waals surface area contributed by atoms with Gasteiger partial charge in [-0.3, -0.25) is 9.69 Å². The minimum absolute atomic E-state index is 0.0254. The predicted octanol–water partition coefficient (Wildman–Crippen LogP) is 5.21. The van der Waals surface area contributed by atoms with E-state index in [9.17, 15) is 22.8 Å². The molecule has 2 aromatic carbocycles. The molecule has 1 unspecified atom stereocenters. The van der Waals surface area contributed by atoms with Crippen LogP contribution in [0.15, 0.2) is 55.0 Å². The van der Waals surface area contributed by atoms with Gasteiger partial charge in [0.1, 0.15) is 12.4 Å². The van der Waals surface area contributed by atoms with Crippen LogP contribution >= 0.6 is 0 Å². The highest BCUT2D eigenvalue weighted by molar-refractivity contribution is 6.00. The number of unbranched alkanes of at least 4 members (excludes halogenated alkanes) is 1. The van der Waals surface area contributed by atoms with Gasteiger partial charge in [0.2, 0.25) is 0 Å². The average Bonchev–Trinajstić information content (AvgIpc) is 3.45. The number of H-pyrrole nitrogens is 1. The number of carbonyl (C=O) groups is 2. The highest BCUT2D eigenvalue weighted by atomic mass is 19.4. The summed E-state index contributed by atoms with van der Waals surface area (Å²) >= 11 is 0. The molecule has 2 N–H and O–H groups in total. The number of benzene rings is 2. The molecular weight excluding hydrogens is 449 g/mol. The van der Waals surface area contributed by atoms with Gasteiger partial charge in [-0.15, -0.1) is 0 Å². The van der Waals surface area contributed by atoms with Crippen LogP contribution in [0.25, 0.3) is 11.1 Å². The Labute approximate surface area is 193 Å². The third kappa shape index (κ3) is 4.75. The molecule has 1 aliphatic rings. The molecule has 34 heavy (non-hydrogen) atoms. The summed E-state index contributed by atoms with van der Waals surface area (Å²) in [6.45, 7) is 0.912. The molecule has 1 heterocycles. The minimum atomic E-state index is -4.55. The molecule has 0 fully saturated rings. The van der Waals surface area contributed by atoms with Gasteiger partial charge in [0.25, 0.3) is 5.91 Å². The molecule has 0 spiro atoms. The molecule has 3 aromatic rings. The van der Waals surface area contributed by atoms with Crippen LogP contribution in [0, 0.1) is 0 Å². The first-order valence-corrected chi connectivity index (χ1v) is 10.8. The van der Waals surface area contributed by atoms with Crippen molar-refractivity contribution in [2.45, 2.75) is 32.0 Å². The number of hydrogen-bond donors (Lipinski definition) is 2. The maximum atomic E-state index is 13.3. The van der Waals surface area contributed by atoms with Crippen molar-refractivity contribution in [2.75, 3.05) is 18.0 Å². The number of aromatic nitrogens is 2. The van der Waals surface area contributed by atoms with Crippen LogP contribution in [0.5, 0.6) is 0 Å². The van der Waals surface area contributed by atoms with E-state index in [1.165, 1.54) is 23.5 Å². The Bertz CT molecular complexity index is 1180. The lowest BCUT2D eigenvalue weighted by Crippen LogP contribution is -2.35. The van der Waals surface area contributed by atoms with Crippen LogP contribution in [0.4, 0.5) is 23.8 Å². The van der Waals surface area contributed by atoms with Crippen LogP contribution in [0.2, 0.25) is 0 Å². The lowest BCUT2D eigenvalue weighted by molar-refractivity contribution is -0.123. The van der Waals surface area contributed by atoms with Gasteiger partial charge in [0, 0.05) is 23.2 Å². The molecule has 10 heteroatoms. The molecule has 0 radical (unpaired) electrons. The van der Waals surface area contributed by atoms with E-state index in [-0.39, 0.29) is 5.56 Å². The van der Waals surface area contributed by atoms with Crippen LogP contribution in [0.1, 0.15) is 47.4 Å². The Hall–Kier alpha value is -3.82. The number of alkyl halides is 3. The Kier molecular flexibility index (Phi) is 6.58. The van der Waals surface area contributed by atoms with E-state index >= 15 is 0 Å². The third-order valence-corrected chi connectivity index (χ3v) is 5.54. The van der Waals surface area contributed by atoms with Crippen LogP contribution in [-0.2, 0) is 4.74 Å². The van der Waals surface area contributed by atoms with Crippen LogP contribution in [-0.4, -0.2) is 41.2 Å². The molecule has 0 saturated heterocycles. The fourth-order valence-corrected chi connectivity index (χ4v) is 3.99. The largest absolute Gasteiger partial charge is 0.436 e. The number of imidazole rings is 1. The van der Waals surface area contributed by atoms with Gasteiger partial charge in [-0.2, -0.15) is 13.2 Å². The maximum Gasteiger partial charge on any atom is 0.416 e. The topological polar surface area (TPSA) is 87.3 Å². The van der Waals surface area contributed by atoms with E-state index in [2.05, 4.69) is 9.97 Å². The van der Waals surface area contributed by atoms with E-state index in [0.717, 1.165) is 18.4 Å². The van der Waals surface area contributed by atoms with Gasteiger partial charge in [0.15, 0.2) is 6.10 Å². The third-order valence-electron chi connectivity index (χ3n) is 5.54. The van der Waals surface area contributed by atoms with E-state index in [1.807, 2.05) is 18.3 Å². The van der Waals surface area contributed by atoms with Crippen molar-refractivity contribution in [3.8, 4) is 11.1 Å². The first-order chi connectivity index (χ1) is 16.3. The number of aromatic amines is 1. The van der Waals surface area contributed by atoms with Gasteiger partial charge in [-0.25, -0.2) is 9.78 Å². The van der Waals surface area contributed by atoms with Crippen molar-refractivity contribution in [2.24, 2.45) is 0 Å². The molecule has 4 rings (SSSR count). The van der Waals surface area contributed by atoms with E-state index in [1.54, 1.807) is 30.3 Å². The van der Waals surface area contributed by atoms with Crippen molar-refractivity contribution < 1.29 is 27.5 Å². The van der Waals surface area contributed by atoms with E-state index in [4.69, 9.17) is 4.74 Å². The fourth-order valence-electron chi connectivity index (χ4n) is 3.99. The van der Waals surface area contributed by atoms with Crippen LogP contribution < -0.4 is 10.2 Å². The summed E-state index contributed by atoms with van der Waals surface area (Å²) in [7, 11) is 0. The molecule has 1 aliphatic carbocycles. The summed E-state index contributed by atoms with van der Waals surface area (Å²) in [5, 5.41) is 1.91. The number of hydrogen-bond acceptors (Lipinski definition) is 4. The highest BCUT2D eigenvalue weighted by Crippen LogP contribution is 2.47. The zero-order chi connectivity index (χ0) is 24.3. The number of halogens is 3. The number of nitrogens with one attached hydrogen (secondary N) is 2. The van der Waals surface area contributed by atoms with Gasteiger partial charge in [-0.05, 0) is 23.6 Å². The Morgan fingerprint density at radius 2 is 1.91 bits per heavy atom. The Morgan fingerprint density at radius 3 is 2.62 bits per heavy atom. The second-order valence-electron chi connectivity index (χ2n) is 7.86. The lowest BCUT2D eigenvalue weighted by atomic mass is 9.99. The normalized spacial score (nSPS) is 14.3. The monoisotopic (exact) mass is 472 g/mol. The summed E-state index contributed by atoms with van der Waals surface area (Å²) < 4.78 is 44.0. The number of rotatable bonds is 7. The molecule has 0 bridgehead atoms. The number of fused-ring (bicyclic) bond motifs is 3. The number of amides is 2. The first kappa shape index (κ1) is 23.3. The number of ether oxygens (including phenoxy) is 1. The Balaban J connectivity index is 1.70. The standard InChI is InChI=1S/C24H23F3N4O3/c1-2-3-11-31(19-12-28-14-30-19)23(33)34-21-17-8-5-4-7-15(17)16-9-6-10-18(20(16)21)22(32)29-13-24(25,26)27/h4-10,12,14,21H,2-3,11,13H2,1H3,(H,28,30)(H,29,32). The minimum Gasteiger partial charge on any atom is -0.436 e. The average molecular weight is 472 g/mol. The van der Waals surface area contributed by atoms with E-state index in [0.29, 0.717) is 29.1 Å². The fraction of sp³-hybridized carbons (Fsp3) is 0.292. The molecule has 178 valence electrons. The van der Waals surface area contributed by atoms with Gasteiger partial charge >= 0.3 is 12.3 Å². The van der Waals surface area contributed by atoms with Crippen LogP contribution in [0.3, 0.4) is 0 Å². The lowest BCUT2D eigenvalue weighted by Gasteiger charge is -2.24. The van der Waals surface area contributed by atoms with Crippen molar-refractivity contribution >= 4 is 17.8 Å². The molecule has 0 saturated carbocycles. The molecule has 1 atom stereocenters. The van der Waals surface area contributed by atoms with Gasteiger partial charge in [0.05, 0.1) is 12.5 Å². The summed E-state index contributed by atoms with van der Waals surface area (Å²) in [6.07, 6.45) is -1.65. The Morgan fingerprint density at radius 1 is 1.15 bits per heavy atom. The number of anilines is 1. The zero-order valence-corrected chi connectivity index (χ0v) is 18.4. The summed E-state index contributed by atoms with van der Waals surface area (Å²) in [5.41, 5.74) is 2.42. The smallest absolute Gasteiger partial charge is 0.416 e. The van der Waals surface area contributed by atoms with Crippen molar-refractivity contribution in [3.63, 3.8) is 0 Å². The molecule has 7 nitrogen and oxygen atoms in total. The van der Waals surface area contributed by atoms with E-state index < -0.39 is 30.8 Å². The number of carbonyl (C=O) groups excluding carboxylic acids is 2. The predicted molar refractivity (Wildman–Crippen MR) is 119 cm³/mol. The summed E-state index contributed by atoms with van der Waals surface area (Å²) in [4.78, 5) is 34.3. The second kappa shape index (κ2) is 9.58. The molecule has 1 aromatic heterocycles. The second-order valence-corrected chi connectivity index (χ2v) is 7.86. The summed E-state index contributed by atoms with van der Waals surface area (Å²) in [5.74, 6) is -0.430. The molecule has 2 amide bonds. The van der Waals surface area contributed by atoms with Crippen molar-refractivity contribution in [1.82, 2.24) is 15.3 Å². The van der Waals surface area contributed by atoms with Gasteiger partial charge in [-0.1, -0.05) is 49.7 Å². The maximum absolute atomic E-state index is 13.3. The zero-order valence-electron chi connectivity index (χ0n) is 18.4. The first-order valence-electron chi connectivity index (χ1n) is 10.8. The van der Waals surface area contributed by atoms with Crippen molar-refractivity contribution in [1.29, 1.82) is 0 Å². The summed E-state index contributed by atoms with van der Waals surface area (Å²) in [6, 6.07) is 12.0. The van der Waals surface area contributed by atoms with Gasteiger partial charge < -0.3 is 15.0 Å². The quantitative estimate of drug-likeness (QED) is 0.494. The number of nitrogens with zero attached hydrogens (tertiary/aromatic N) is 2. The SMILES string of the molecule is CCCCN(C(=O)OC1c2ccccc2-c2cccc(C(=O)NCC(F)(F)F)c21)c1cnc[nH]1. The highest BCUT2D eigenvalue weighted by Gasteiger charge is 2.37. The molecule has 0 aliphatic heterocycles. The van der Waals surface area contributed by atoms with Crippen molar-refractivity contribution in [3.05, 3.63) is 71.7 Å². The molecular formula is C24H23F3N4O3.